The highest BCUT2D eigenvalue weighted by atomic mass is 35.5. The average Bonchev–Trinajstić information content (AvgIpc) is 2.70. The predicted octanol–water partition coefficient (Wildman–Crippen LogP) is 2.85. The van der Waals surface area contributed by atoms with Gasteiger partial charge in [0.2, 0.25) is 0 Å². The van der Waals surface area contributed by atoms with Crippen LogP contribution in [0.4, 0.5) is 0 Å². The molecule has 0 radical (unpaired) electrons. The van der Waals surface area contributed by atoms with E-state index in [1.54, 1.807) is 6.07 Å². The van der Waals surface area contributed by atoms with Gasteiger partial charge in [0.1, 0.15) is 0 Å². The van der Waals surface area contributed by atoms with Crippen LogP contribution in [0.25, 0.3) is 11.3 Å². The summed E-state index contributed by atoms with van der Waals surface area (Å²) in [6.45, 7) is 1.93. The summed E-state index contributed by atoms with van der Waals surface area (Å²) in [6, 6.07) is 7.34. The van der Waals surface area contributed by atoms with E-state index in [1.807, 2.05) is 25.1 Å². The number of rotatable bonds is 2. The first kappa shape index (κ1) is 9.93. The summed E-state index contributed by atoms with van der Waals surface area (Å²) in [5, 5.41) is 7.39. The number of aldehydes is 1. The molecular weight excluding hydrogens is 212 g/mol. The van der Waals surface area contributed by atoms with Gasteiger partial charge in [0.25, 0.3) is 0 Å². The molecule has 0 atom stereocenters. The van der Waals surface area contributed by atoms with Gasteiger partial charge >= 0.3 is 0 Å². The van der Waals surface area contributed by atoms with Crippen LogP contribution >= 0.6 is 11.6 Å². The number of aryl methyl sites for hydroxylation is 1. The highest BCUT2D eigenvalue weighted by molar-refractivity contribution is 6.31. The monoisotopic (exact) mass is 220 g/mol. The molecule has 1 aromatic carbocycles. The molecule has 0 bridgehead atoms. The summed E-state index contributed by atoms with van der Waals surface area (Å²) >= 11 is 5.92. The number of nitrogens with one attached hydrogen (secondary N) is 1. The molecule has 1 heterocycles. The molecule has 0 fully saturated rings. The summed E-state index contributed by atoms with van der Waals surface area (Å²) in [4.78, 5) is 10.5. The van der Waals surface area contributed by atoms with Crippen molar-refractivity contribution >= 4 is 17.9 Å². The average molecular weight is 221 g/mol. The van der Waals surface area contributed by atoms with Crippen molar-refractivity contribution in [1.82, 2.24) is 10.2 Å². The summed E-state index contributed by atoms with van der Waals surface area (Å²) in [5.74, 6) is 0. The lowest BCUT2D eigenvalue weighted by atomic mass is 10.1. The Hall–Kier alpha value is -1.61. The molecular formula is C11H9ClN2O. The van der Waals surface area contributed by atoms with Crippen LogP contribution in [-0.2, 0) is 0 Å². The second-order valence-corrected chi connectivity index (χ2v) is 3.70. The molecule has 0 aliphatic heterocycles. The van der Waals surface area contributed by atoms with Crippen LogP contribution in [0.2, 0.25) is 5.02 Å². The van der Waals surface area contributed by atoms with E-state index < -0.39 is 0 Å². The molecule has 15 heavy (non-hydrogen) atoms. The first-order chi connectivity index (χ1) is 7.20. The molecule has 0 saturated carbocycles. The van der Waals surface area contributed by atoms with Crippen LogP contribution in [0.15, 0.2) is 24.3 Å². The van der Waals surface area contributed by atoms with E-state index in [4.69, 9.17) is 11.6 Å². The number of carbonyl (C=O) groups excluding carboxylic acids is 1. The van der Waals surface area contributed by atoms with Gasteiger partial charge in [-0.15, -0.1) is 0 Å². The minimum Gasteiger partial charge on any atom is -0.296 e. The maximum absolute atomic E-state index is 10.5. The number of nitrogens with zero attached hydrogens (tertiary/aromatic N) is 1. The first-order valence-corrected chi connectivity index (χ1v) is 4.85. The highest BCUT2D eigenvalue weighted by Gasteiger charge is 2.04. The van der Waals surface area contributed by atoms with Gasteiger partial charge in [0.05, 0.1) is 11.4 Å². The van der Waals surface area contributed by atoms with Crippen molar-refractivity contribution in [2.24, 2.45) is 0 Å². The molecule has 4 heteroatoms. The fraction of sp³-hybridized carbons (Fsp3) is 0.0909. The number of halogens is 1. The number of hydrogen-bond acceptors (Lipinski definition) is 2. The number of aromatic nitrogens is 2. The van der Waals surface area contributed by atoms with E-state index >= 15 is 0 Å². The molecule has 1 aromatic heterocycles. The summed E-state index contributed by atoms with van der Waals surface area (Å²) in [7, 11) is 0. The van der Waals surface area contributed by atoms with Crippen LogP contribution in [-0.4, -0.2) is 16.5 Å². The normalized spacial score (nSPS) is 10.3. The highest BCUT2D eigenvalue weighted by Crippen LogP contribution is 2.23. The van der Waals surface area contributed by atoms with Crippen LogP contribution in [0.5, 0.6) is 0 Å². The van der Waals surface area contributed by atoms with E-state index in [9.17, 15) is 4.79 Å². The minimum atomic E-state index is 0.470. The molecule has 0 saturated heterocycles. The molecule has 0 aliphatic carbocycles. The van der Waals surface area contributed by atoms with Crippen molar-refractivity contribution in [3.05, 3.63) is 40.5 Å². The van der Waals surface area contributed by atoms with E-state index in [0.29, 0.717) is 5.69 Å². The van der Waals surface area contributed by atoms with Crippen LogP contribution in [0.3, 0.4) is 0 Å². The molecule has 2 aromatic rings. The maximum Gasteiger partial charge on any atom is 0.167 e. The lowest BCUT2D eigenvalue weighted by molar-refractivity contribution is 0.111. The third kappa shape index (κ3) is 1.92. The van der Waals surface area contributed by atoms with Crippen molar-refractivity contribution in [3.63, 3.8) is 0 Å². The van der Waals surface area contributed by atoms with Crippen molar-refractivity contribution < 1.29 is 4.79 Å². The Morgan fingerprint density at radius 3 is 2.80 bits per heavy atom. The van der Waals surface area contributed by atoms with Crippen molar-refractivity contribution in [2.45, 2.75) is 6.92 Å². The zero-order valence-corrected chi connectivity index (χ0v) is 8.88. The van der Waals surface area contributed by atoms with Gasteiger partial charge in [0.15, 0.2) is 6.29 Å². The van der Waals surface area contributed by atoms with Crippen molar-refractivity contribution in [1.29, 1.82) is 0 Å². The topological polar surface area (TPSA) is 45.8 Å². The molecule has 2 rings (SSSR count). The largest absolute Gasteiger partial charge is 0.296 e. The Morgan fingerprint density at radius 2 is 2.20 bits per heavy atom. The molecule has 0 spiro atoms. The third-order valence-electron chi connectivity index (χ3n) is 2.18. The van der Waals surface area contributed by atoms with Gasteiger partial charge < -0.3 is 0 Å². The van der Waals surface area contributed by atoms with Gasteiger partial charge in [-0.25, -0.2) is 0 Å². The molecule has 3 nitrogen and oxygen atoms in total. The quantitative estimate of drug-likeness (QED) is 0.791. The Labute approximate surface area is 92.1 Å². The van der Waals surface area contributed by atoms with Gasteiger partial charge in [-0.05, 0) is 30.7 Å². The van der Waals surface area contributed by atoms with Crippen LogP contribution in [0.1, 0.15) is 16.1 Å². The Bertz CT molecular complexity index is 505. The Morgan fingerprint density at radius 1 is 1.40 bits per heavy atom. The summed E-state index contributed by atoms with van der Waals surface area (Å²) in [6.07, 6.45) is 0.735. The van der Waals surface area contributed by atoms with Crippen molar-refractivity contribution in [3.8, 4) is 11.3 Å². The van der Waals surface area contributed by atoms with Gasteiger partial charge in [0, 0.05) is 10.6 Å². The Balaban J connectivity index is 2.44. The molecule has 0 aliphatic rings. The smallest absolute Gasteiger partial charge is 0.167 e. The van der Waals surface area contributed by atoms with E-state index in [-0.39, 0.29) is 0 Å². The molecule has 1 N–H and O–H groups in total. The zero-order chi connectivity index (χ0) is 10.8. The number of H-pyrrole nitrogens is 1. The second-order valence-electron chi connectivity index (χ2n) is 3.29. The van der Waals surface area contributed by atoms with Gasteiger partial charge in [-0.3, -0.25) is 9.89 Å². The third-order valence-corrected chi connectivity index (χ3v) is 2.60. The molecule has 0 unspecified atom stereocenters. The lowest BCUT2D eigenvalue weighted by Crippen LogP contribution is -1.80. The first-order valence-electron chi connectivity index (χ1n) is 4.48. The van der Waals surface area contributed by atoms with E-state index in [2.05, 4.69) is 10.2 Å². The number of aromatic amines is 1. The maximum atomic E-state index is 10.5. The number of carbonyl (C=O) groups is 1. The lowest BCUT2D eigenvalue weighted by Gasteiger charge is -2.00. The zero-order valence-electron chi connectivity index (χ0n) is 8.12. The number of benzene rings is 1. The second kappa shape index (κ2) is 3.87. The van der Waals surface area contributed by atoms with Crippen LogP contribution in [0, 0.1) is 6.92 Å². The van der Waals surface area contributed by atoms with Crippen LogP contribution < -0.4 is 0 Å². The molecule has 76 valence electrons. The van der Waals surface area contributed by atoms with Gasteiger partial charge in [-0.2, -0.15) is 5.10 Å². The standard InChI is InChI=1S/C11H9ClN2O/c1-7-4-8(2-3-10(7)12)11-5-9(6-15)13-14-11/h2-6H,1H3,(H,13,14). The van der Waals surface area contributed by atoms with E-state index in [0.717, 1.165) is 28.1 Å². The minimum absolute atomic E-state index is 0.470. The summed E-state index contributed by atoms with van der Waals surface area (Å²) in [5.41, 5.74) is 3.15. The predicted molar refractivity (Wildman–Crippen MR) is 59.2 cm³/mol. The van der Waals surface area contributed by atoms with E-state index in [1.165, 1.54) is 0 Å². The summed E-state index contributed by atoms with van der Waals surface area (Å²) < 4.78 is 0. The van der Waals surface area contributed by atoms with Gasteiger partial charge in [-0.1, -0.05) is 17.7 Å². The SMILES string of the molecule is Cc1cc(-c2cc(C=O)[nH]n2)ccc1Cl. The Kier molecular flexibility index (Phi) is 2.56. The van der Waals surface area contributed by atoms with Crippen molar-refractivity contribution in [2.75, 3.05) is 0 Å². The molecule has 0 amide bonds. The fourth-order valence-corrected chi connectivity index (χ4v) is 1.47. The number of hydrogen-bond donors (Lipinski definition) is 1. The fourth-order valence-electron chi connectivity index (χ4n) is 1.35.